The number of aryl methyl sites for hydroxylation is 1. The maximum absolute atomic E-state index is 6.05. The molecule has 2 rings (SSSR count). The number of halogens is 1. The van der Waals surface area contributed by atoms with Crippen molar-refractivity contribution < 1.29 is 0 Å². The predicted octanol–water partition coefficient (Wildman–Crippen LogP) is 3.23. The van der Waals surface area contributed by atoms with Gasteiger partial charge in [0, 0.05) is 30.3 Å². The summed E-state index contributed by atoms with van der Waals surface area (Å²) in [6, 6.07) is 6.80. The standard InChI is InChI=1S/C14H21ClN2/c1-11-5-6-12(15)10-14(11)17(2)9-7-13-4-3-8-16-13/h5-6,10,13,16H,3-4,7-9H2,1-2H3. The van der Waals surface area contributed by atoms with Gasteiger partial charge in [0.2, 0.25) is 0 Å². The number of rotatable bonds is 4. The maximum Gasteiger partial charge on any atom is 0.0426 e. The first-order chi connectivity index (χ1) is 8.16. The van der Waals surface area contributed by atoms with Crippen molar-refractivity contribution in [3.05, 3.63) is 28.8 Å². The van der Waals surface area contributed by atoms with E-state index in [4.69, 9.17) is 11.6 Å². The van der Waals surface area contributed by atoms with Crippen molar-refractivity contribution in [2.75, 3.05) is 25.0 Å². The van der Waals surface area contributed by atoms with Crippen molar-refractivity contribution in [1.82, 2.24) is 5.32 Å². The summed E-state index contributed by atoms with van der Waals surface area (Å²) < 4.78 is 0. The van der Waals surface area contributed by atoms with E-state index in [9.17, 15) is 0 Å². The molecule has 0 aromatic heterocycles. The molecule has 0 bridgehead atoms. The molecule has 17 heavy (non-hydrogen) atoms. The van der Waals surface area contributed by atoms with Crippen LogP contribution in [0.5, 0.6) is 0 Å². The van der Waals surface area contributed by atoms with Crippen LogP contribution < -0.4 is 10.2 Å². The third-order valence-corrected chi connectivity index (χ3v) is 3.79. The number of nitrogens with zero attached hydrogens (tertiary/aromatic N) is 1. The van der Waals surface area contributed by atoms with Crippen LogP contribution >= 0.6 is 11.6 Å². The minimum Gasteiger partial charge on any atom is -0.374 e. The van der Waals surface area contributed by atoms with Gasteiger partial charge in [0.15, 0.2) is 0 Å². The molecule has 0 saturated carbocycles. The molecular weight excluding hydrogens is 232 g/mol. The van der Waals surface area contributed by atoms with Crippen molar-refractivity contribution >= 4 is 17.3 Å². The Hall–Kier alpha value is -0.730. The Kier molecular flexibility index (Phi) is 4.30. The molecule has 94 valence electrons. The first kappa shape index (κ1) is 12.7. The minimum absolute atomic E-state index is 0.706. The van der Waals surface area contributed by atoms with Crippen LogP contribution in [0.3, 0.4) is 0 Å². The van der Waals surface area contributed by atoms with E-state index in [1.165, 1.54) is 37.1 Å². The number of nitrogens with one attached hydrogen (secondary N) is 1. The van der Waals surface area contributed by atoms with Gasteiger partial charge in [-0.1, -0.05) is 17.7 Å². The van der Waals surface area contributed by atoms with E-state index in [2.05, 4.69) is 36.3 Å². The highest BCUT2D eigenvalue weighted by atomic mass is 35.5. The monoisotopic (exact) mass is 252 g/mol. The van der Waals surface area contributed by atoms with Crippen molar-refractivity contribution in [3.63, 3.8) is 0 Å². The van der Waals surface area contributed by atoms with Crippen molar-refractivity contribution in [2.45, 2.75) is 32.2 Å². The lowest BCUT2D eigenvalue weighted by Crippen LogP contribution is -2.28. The molecule has 1 N–H and O–H groups in total. The second-order valence-electron chi connectivity index (χ2n) is 4.93. The molecule has 0 radical (unpaired) electrons. The van der Waals surface area contributed by atoms with Crippen LogP contribution in [-0.2, 0) is 0 Å². The molecule has 0 aliphatic carbocycles. The van der Waals surface area contributed by atoms with Gasteiger partial charge < -0.3 is 10.2 Å². The Labute approximate surface area is 109 Å². The van der Waals surface area contributed by atoms with Gasteiger partial charge in [0.1, 0.15) is 0 Å². The zero-order chi connectivity index (χ0) is 12.3. The van der Waals surface area contributed by atoms with E-state index in [0.29, 0.717) is 6.04 Å². The summed E-state index contributed by atoms with van der Waals surface area (Å²) >= 11 is 6.05. The summed E-state index contributed by atoms with van der Waals surface area (Å²) in [6.45, 7) is 4.40. The molecule has 0 spiro atoms. The summed E-state index contributed by atoms with van der Waals surface area (Å²) in [4.78, 5) is 2.31. The molecule has 1 fully saturated rings. The number of benzene rings is 1. The molecule has 1 aromatic carbocycles. The quantitative estimate of drug-likeness (QED) is 0.885. The zero-order valence-electron chi connectivity index (χ0n) is 10.7. The van der Waals surface area contributed by atoms with Crippen LogP contribution in [0.1, 0.15) is 24.8 Å². The van der Waals surface area contributed by atoms with Crippen LogP contribution in [0.15, 0.2) is 18.2 Å². The van der Waals surface area contributed by atoms with Gasteiger partial charge in [-0.15, -0.1) is 0 Å². The highest BCUT2D eigenvalue weighted by molar-refractivity contribution is 6.30. The summed E-state index contributed by atoms with van der Waals surface area (Å²) in [5.41, 5.74) is 2.53. The van der Waals surface area contributed by atoms with Gasteiger partial charge in [0.25, 0.3) is 0 Å². The Morgan fingerprint density at radius 1 is 1.47 bits per heavy atom. The summed E-state index contributed by atoms with van der Waals surface area (Å²) in [6.07, 6.45) is 3.86. The van der Waals surface area contributed by atoms with Gasteiger partial charge in [-0.25, -0.2) is 0 Å². The molecule has 1 heterocycles. The average molecular weight is 253 g/mol. The SMILES string of the molecule is Cc1ccc(Cl)cc1N(C)CCC1CCCN1. The largest absolute Gasteiger partial charge is 0.374 e. The molecule has 1 unspecified atom stereocenters. The smallest absolute Gasteiger partial charge is 0.0426 e. The molecule has 1 aromatic rings. The average Bonchev–Trinajstić information content (AvgIpc) is 2.82. The Morgan fingerprint density at radius 3 is 3.00 bits per heavy atom. The molecule has 1 aliphatic heterocycles. The van der Waals surface area contributed by atoms with Crippen molar-refractivity contribution in [1.29, 1.82) is 0 Å². The second kappa shape index (κ2) is 5.74. The number of anilines is 1. The normalized spacial score (nSPS) is 19.6. The molecule has 3 heteroatoms. The summed E-state index contributed by atoms with van der Waals surface area (Å²) in [5.74, 6) is 0. The fourth-order valence-corrected chi connectivity index (χ4v) is 2.63. The summed E-state index contributed by atoms with van der Waals surface area (Å²) in [5, 5.41) is 4.35. The van der Waals surface area contributed by atoms with E-state index in [-0.39, 0.29) is 0 Å². The lowest BCUT2D eigenvalue weighted by molar-refractivity contribution is 0.559. The predicted molar refractivity (Wildman–Crippen MR) is 75.1 cm³/mol. The van der Waals surface area contributed by atoms with Crippen LogP contribution in [0.4, 0.5) is 5.69 Å². The van der Waals surface area contributed by atoms with Crippen LogP contribution in [-0.4, -0.2) is 26.2 Å². The topological polar surface area (TPSA) is 15.3 Å². The van der Waals surface area contributed by atoms with Gasteiger partial charge in [0.05, 0.1) is 0 Å². The summed E-state index contributed by atoms with van der Waals surface area (Å²) in [7, 11) is 2.15. The van der Waals surface area contributed by atoms with Crippen LogP contribution in [0.25, 0.3) is 0 Å². The Morgan fingerprint density at radius 2 is 2.29 bits per heavy atom. The van der Waals surface area contributed by atoms with E-state index in [0.717, 1.165) is 11.6 Å². The molecule has 1 atom stereocenters. The second-order valence-corrected chi connectivity index (χ2v) is 5.37. The maximum atomic E-state index is 6.05. The lowest BCUT2D eigenvalue weighted by Gasteiger charge is -2.23. The lowest BCUT2D eigenvalue weighted by atomic mass is 10.1. The Balaban J connectivity index is 1.93. The third kappa shape index (κ3) is 3.36. The van der Waals surface area contributed by atoms with Crippen molar-refractivity contribution in [2.24, 2.45) is 0 Å². The fourth-order valence-electron chi connectivity index (χ4n) is 2.47. The van der Waals surface area contributed by atoms with Crippen LogP contribution in [0, 0.1) is 6.92 Å². The molecule has 1 saturated heterocycles. The molecular formula is C14H21ClN2. The number of hydrogen-bond acceptors (Lipinski definition) is 2. The van der Waals surface area contributed by atoms with E-state index in [1.54, 1.807) is 0 Å². The molecule has 1 aliphatic rings. The zero-order valence-corrected chi connectivity index (χ0v) is 11.4. The Bertz CT molecular complexity index is 372. The first-order valence-corrected chi connectivity index (χ1v) is 6.75. The molecule has 0 amide bonds. The minimum atomic E-state index is 0.706. The van der Waals surface area contributed by atoms with E-state index in [1.807, 2.05) is 6.07 Å². The van der Waals surface area contributed by atoms with Crippen LogP contribution in [0.2, 0.25) is 5.02 Å². The molecule has 2 nitrogen and oxygen atoms in total. The number of hydrogen-bond donors (Lipinski definition) is 1. The van der Waals surface area contributed by atoms with Crippen molar-refractivity contribution in [3.8, 4) is 0 Å². The van der Waals surface area contributed by atoms with Gasteiger partial charge in [-0.2, -0.15) is 0 Å². The third-order valence-electron chi connectivity index (χ3n) is 3.56. The van der Waals surface area contributed by atoms with E-state index < -0.39 is 0 Å². The van der Waals surface area contributed by atoms with Gasteiger partial charge in [-0.05, 0) is 50.4 Å². The highest BCUT2D eigenvalue weighted by Gasteiger charge is 2.14. The van der Waals surface area contributed by atoms with E-state index >= 15 is 0 Å². The highest BCUT2D eigenvalue weighted by Crippen LogP contribution is 2.23. The fraction of sp³-hybridized carbons (Fsp3) is 0.571. The first-order valence-electron chi connectivity index (χ1n) is 6.37. The van der Waals surface area contributed by atoms with Gasteiger partial charge >= 0.3 is 0 Å². The van der Waals surface area contributed by atoms with Gasteiger partial charge in [-0.3, -0.25) is 0 Å².